The van der Waals surface area contributed by atoms with Gasteiger partial charge in [0.2, 0.25) is 0 Å². The van der Waals surface area contributed by atoms with Gasteiger partial charge in [0.1, 0.15) is 39.4 Å². The number of hydrogen-bond donors (Lipinski definition) is 1. The standard InChI is InChI=1S/C23H22O5/c1-5-13-6-8-14(9-7-13)18-20(24)19-17(27-22(18)25)12-16-15(21(19)26-4)10-11-23(2,3)28-16/h6-12,24H,5H2,1-4H3. The molecule has 2 aromatic carbocycles. The SMILES string of the molecule is CCc1ccc(-c2c(O)c3c(OC)c4c(cc3oc2=O)OC(C)(C)C=C4)cc1. The summed E-state index contributed by atoms with van der Waals surface area (Å²) in [6, 6.07) is 9.12. The second-order valence-electron chi connectivity index (χ2n) is 7.40. The summed E-state index contributed by atoms with van der Waals surface area (Å²) in [5, 5.41) is 11.4. The van der Waals surface area contributed by atoms with E-state index < -0.39 is 11.2 Å². The minimum Gasteiger partial charge on any atom is -0.506 e. The third-order valence-electron chi connectivity index (χ3n) is 5.01. The van der Waals surface area contributed by atoms with E-state index in [1.165, 1.54) is 7.11 Å². The van der Waals surface area contributed by atoms with Gasteiger partial charge in [-0.15, -0.1) is 0 Å². The predicted octanol–water partition coefficient (Wildman–Crippen LogP) is 4.92. The van der Waals surface area contributed by atoms with Crippen molar-refractivity contribution in [2.75, 3.05) is 7.11 Å². The van der Waals surface area contributed by atoms with E-state index in [2.05, 4.69) is 6.92 Å². The van der Waals surface area contributed by atoms with Gasteiger partial charge in [-0.2, -0.15) is 0 Å². The zero-order valence-corrected chi connectivity index (χ0v) is 16.3. The van der Waals surface area contributed by atoms with Gasteiger partial charge in [-0.05, 0) is 43.5 Å². The van der Waals surface area contributed by atoms with E-state index in [1.54, 1.807) is 6.07 Å². The predicted molar refractivity (Wildman–Crippen MR) is 109 cm³/mol. The molecule has 3 aromatic rings. The first-order chi connectivity index (χ1) is 13.3. The Labute approximate surface area is 162 Å². The largest absolute Gasteiger partial charge is 0.506 e. The van der Waals surface area contributed by atoms with Gasteiger partial charge < -0.3 is 19.0 Å². The van der Waals surface area contributed by atoms with E-state index >= 15 is 0 Å². The molecule has 0 unspecified atom stereocenters. The summed E-state index contributed by atoms with van der Waals surface area (Å²) in [5.41, 5.74) is 1.68. The summed E-state index contributed by atoms with van der Waals surface area (Å²) >= 11 is 0. The normalized spacial score (nSPS) is 14.6. The quantitative estimate of drug-likeness (QED) is 0.655. The van der Waals surface area contributed by atoms with Crippen LogP contribution in [-0.2, 0) is 6.42 Å². The van der Waals surface area contributed by atoms with E-state index in [4.69, 9.17) is 13.9 Å². The highest BCUT2D eigenvalue weighted by Crippen LogP contribution is 2.46. The monoisotopic (exact) mass is 378 g/mol. The van der Waals surface area contributed by atoms with Gasteiger partial charge in [0.05, 0.1) is 12.7 Å². The number of ether oxygens (including phenoxy) is 2. The van der Waals surface area contributed by atoms with Crippen LogP contribution in [0, 0.1) is 0 Å². The van der Waals surface area contributed by atoms with Crippen molar-refractivity contribution in [2.45, 2.75) is 32.8 Å². The van der Waals surface area contributed by atoms with Crippen molar-refractivity contribution in [3.63, 3.8) is 0 Å². The fourth-order valence-electron chi connectivity index (χ4n) is 3.52. The fraction of sp³-hybridized carbons (Fsp3) is 0.261. The molecule has 0 aliphatic carbocycles. The highest BCUT2D eigenvalue weighted by atomic mass is 16.5. The molecule has 28 heavy (non-hydrogen) atoms. The fourth-order valence-corrected chi connectivity index (χ4v) is 3.52. The summed E-state index contributed by atoms with van der Waals surface area (Å²) in [4.78, 5) is 12.7. The maximum atomic E-state index is 12.7. The third-order valence-corrected chi connectivity index (χ3v) is 5.01. The Bertz CT molecular complexity index is 1150. The highest BCUT2D eigenvalue weighted by molar-refractivity contribution is 5.99. The topological polar surface area (TPSA) is 68.9 Å². The van der Waals surface area contributed by atoms with Gasteiger partial charge in [0.25, 0.3) is 0 Å². The van der Waals surface area contributed by atoms with Crippen molar-refractivity contribution in [2.24, 2.45) is 0 Å². The zero-order chi connectivity index (χ0) is 20.1. The van der Waals surface area contributed by atoms with Crippen LogP contribution in [0.25, 0.3) is 28.2 Å². The van der Waals surface area contributed by atoms with Crippen LogP contribution in [-0.4, -0.2) is 17.8 Å². The Morgan fingerprint density at radius 1 is 1.18 bits per heavy atom. The first-order valence-corrected chi connectivity index (χ1v) is 9.23. The molecule has 1 aromatic heterocycles. The molecule has 5 nitrogen and oxygen atoms in total. The number of fused-ring (bicyclic) bond motifs is 2. The van der Waals surface area contributed by atoms with E-state index in [0.29, 0.717) is 28.0 Å². The van der Waals surface area contributed by atoms with Crippen molar-refractivity contribution >= 4 is 17.0 Å². The Kier molecular flexibility index (Phi) is 4.18. The third kappa shape index (κ3) is 2.83. The van der Waals surface area contributed by atoms with Gasteiger partial charge in [0, 0.05) is 6.07 Å². The van der Waals surface area contributed by atoms with Crippen molar-refractivity contribution < 1.29 is 19.0 Å². The summed E-state index contributed by atoms with van der Waals surface area (Å²) in [7, 11) is 1.52. The molecule has 0 fully saturated rings. The molecule has 144 valence electrons. The molecule has 0 spiro atoms. The van der Waals surface area contributed by atoms with Crippen molar-refractivity contribution in [1.82, 2.24) is 0 Å². The first kappa shape index (κ1) is 18.2. The Morgan fingerprint density at radius 2 is 1.89 bits per heavy atom. The van der Waals surface area contributed by atoms with Crippen molar-refractivity contribution in [1.29, 1.82) is 0 Å². The molecule has 1 aliphatic rings. The van der Waals surface area contributed by atoms with Crippen LogP contribution in [0.1, 0.15) is 31.9 Å². The number of rotatable bonds is 3. The van der Waals surface area contributed by atoms with Crippen LogP contribution in [0.4, 0.5) is 0 Å². The summed E-state index contributed by atoms with van der Waals surface area (Å²) in [6.07, 6.45) is 4.71. The van der Waals surface area contributed by atoms with Crippen LogP contribution < -0.4 is 15.1 Å². The van der Waals surface area contributed by atoms with Gasteiger partial charge in [-0.25, -0.2) is 4.79 Å². The molecule has 0 bridgehead atoms. The van der Waals surface area contributed by atoms with Crippen LogP contribution >= 0.6 is 0 Å². The average molecular weight is 378 g/mol. The number of aryl methyl sites for hydroxylation is 1. The summed E-state index contributed by atoms with van der Waals surface area (Å²) in [6.45, 7) is 5.92. The Morgan fingerprint density at radius 3 is 2.54 bits per heavy atom. The van der Waals surface area contributed by atoms with Crippen molar-refractivity contribution in [3.8, 4) is 28.4 Å². The minimum absolute atomic E-state index is 0.120. The second-order valence-corrected chi connectivity index (χ2v) is 7.40. The maximum absolute atomic E-state index is 12.7. The molecule has 1 N–H and O–H groups in total. The molecule has 1 aliphatic heterocycles. The van der Waals surface area contributed by atoms with E-state index in [1.807, 2.05) is 50.3 Å². The second kappa shape index (κ2) is 6.44. The number of hydrogen-bond acceptors (Lipinski definition) is 5. The maximum Gasteiger partial charge on any atom is 0.347 e. The Balaban J connectivity index is 2.02. The van der Waals surface area contributed by atoms with E-state index in [-0.39, 0.29) is 16.9 Å². The molecule has 0 saturated carbocycles. The molecule has 5 heteroatoms. The lowest BCUT2D eigenvalue weighted by Gasteiger charge is -2.29. The average Bonchev–Trinajstić information content (AvgIpc) is 2.66. The zero-order valence-electron chi connectivity index (χ0n) is 16.3. The number of benzene rings is 2. The lowest BCUT2D eigenvalue weighted by atomic mass is 9.97. The lowest BCUT2D eigenvalue weighted by Crippen LogP contribution is -2.27. The minimum atomic E-state index is -0.609. The van der Waals surface area contributed by atoms with E-state index in [9.17, 15) is 9.90 Å². The molecule has 0 radical (unpaired) electrons. The first-order valence-electron chi connectivity index (χ1n) is 9.23. The molecule has 2 heterocycles. The van der Waals surface area contributed by atoms with Gasteiger partial charge in [-0.3, -0.25) is 0 Å². The van der Waals surface area contributed by atoms with Crippen LogP contribution in [0.2, 0.25) is 0 Å². The summed E-state index contributed by atoms with van der Waals surface area (Å²) in [5.74, 6) is 0.791. The lowest BCUT2D eigenvalue weighted by molar-refractivity contribution is 0.158. The van der Waals surface area contributed by atoms with Gasteiger partial charge in [-0.1, -0.05) is 31.2 Å². The smallest absolute Gasteiger partial charge is 0.347 e. The van der Waals surface area contributed by atoms with Gasteiger partial charge >= 0.3 is 5.63 Å². The van der Waals surface area contributed by atoms with Crippen molar-refractivity contribution in [3.05, 3.63) is 58.0 Å². The number of aromatic hydroxyl groups is 1. The molecule has 0 atom stereocenters. The highest BCUT2D eigenvalue weighted by Gasteiger charge is 2.28. The van der Waals surface area contributed by atoms with Crippen LogP contribution in [0.3, 0.4) is 0 Å². The number of methoxy groups -OCH3 is 1. The Hall–Kier alpha value is -3.21. The van der Waals surface area contributed by atoms with E-state index in [0.717, 1.165) is 12.0 Å². The molecular formula is C23H22O5. The molecule has 4 rings (SSSR count). The van der Waals surface area contributed by atoms with Gasteiger partial charge in [0.15, 0.2) is 0 Å². The molecule has 0 amide bonds. The van der Waals surface area contributed by atoms with Crippen LogP contribution in [0.15, 0.2) is 45.6 Å². The summed E-state index contributed by atoms with van der Waals surface area (Å²) < 4.78 is 17.1. The molecular weight excluding hydrogens is 356 g/mol. The molecule has 0 saturated heterocycles. The van der Waals surface area contributed by atoms with Crippen LogP contribution in [0.5, 0.6) is 17.2 Å².